The van der Waals surface area contributed by atoms with Gasteiger partial charge in [0.1, 0.15) is 5.82 Å². The van der Waals surface area contributed by atoms with Crippen molar-refractivity contribution in [3.05, 3.63) is 65.1 Å². The van der Waals surface area contributed by atoms with Gasteiger partial charge in [0.2, 0.25) is 0 Å². The van der Waals surface area contributed by atoms with Gasteiger partial charge >= 0.3 is 0 Å². The van der Waals surface area contributed by atoms with E-state index in [2.05, 4.69) is 37.0 Å². The van der Waals surface area contributed by atoms with Crippen LogP contribution >= 0.6 is 0 Å². The Kier molecular flexibility index (Phi) is 7.41. The van der Waals surface area contributed by atoms with Gasteiger partial charge in [-0.15, -0.1) is 0 Å². The van der Waals surface area contributed by atoms with Gasteiger partial charge in [-0.25, -0.2) is 4.39 Å². The van der Waals surface area contributed by atoms with Crippen LogP contribution in [0.15, 0.2) is 48.2 Å². The van der Waals surface area contributed by atoms with E-state index in [1.54, 1.807) is 0 Å². The molecule has 5 heteroatoms. The molecule has 0 saturated heterocycles. The Hall–Kier alpha value is -2.82. The summed E-state index contributed by atoms with van der Waals surface area (Å²) in [6, 6.07) is 10.7. The van der Waals surface area contributed by atoms with Crippen molar-refractivity contribution in [2.75, 3.05) is 25.7 Å². The van der Waals surface area contributed by atoms with Crippen LogP contribution in [-0.4, -0.2) is 27.1 Å². The van der Waals surface area contributed by atoms with Gasteiger partial charge in [0, 0.05) is 30.9 Å². The number of methoxy groups -OCH3 is 1. The molecule has 2 aromatic rings. The first-order valence-electron chi connectivity index (χ1n) is 8.95. The van der Waals surface area contributed by atoms with Crippen molar-refractivity contribution < 1.29 is 18.7 Å². The number of nitrogens with zero attached hydrogens (tertiary/aromatic N) is 1. The summed E-state index contributed by atoms with van der Waals surface area (Å²) < 4.78 is 24.8. The fourth-order valence-electron chi connectivity index (χ4n) is 2.92. The van der Waals surface area contributed by atoms with Gasteiger partial charge in [-0.2, -0.15) is 0 Å². The molecule has 0 fully saturated rings. The smallest absolute Gasteiger partial charge is 0.164 e. The summed E-state index contributed by atoms with van der Waals surface area (Å²) in [6.07, 6.45) is 4.17. The Balaban J connectivity index is 2.12. The quantitative estimate of drug-likeness (QED) is 0.571. The molecule has 0 bridgehead atoms. The summed E-state index contributed by atoms with van der Waals surface area (Å²) >= 11 is 0. The standard InChI is InChI=1S/C22H26FNO3/c1-5-8-18(24(3)20-10-7-6-9-16(20)2)11-12-27-22-14-19(23)17(15-25)13-21(22)26-4/h6-10,13-15H,5,11-12H2,1-4H3/b18-8+. The lowest BCUT2D eigenvalue weighted by molar-refractivity contribution is 0.111. The number of allylic oxidation sites excluding steroid dienone is 1. The molecule has 0 unspecified atom stereocenters. The number of carbonyl (C=O) groups is 1. The average Bonchev–Trinajstić information content (AvgIpc) is 2.67. The van der Waals surface area contributed by atoms with Crippen molar-refractivity contribution in [2.24, 2.45) is 0 Å². The Labute approximate surface area is 160 Å². The van der Waals surface area contributed by atoms with Crippen molar-refractivity contribution in [1.82, 2.24) is 0 Å². The molecule has 0 aliphatic heterocycles. The van der Waals surface area contributed by atoms with Crippen molar-refractivity contribution in [3.8, 4) is 11.5 Å². The third-order valence-electron chi connectivity index (χ3n) is 4.37. The number of rotatable bonds is 9. The van der Waals surface area contributed by atoms with E-state index in [-0.39, 0.29) is 11.3 Å². The topological polar surface area (TPSA) is 38.8 Å². The van der Waals surface area contributed by atoms with Gasteiger partial charge in [0.05, 0.1) is 19.3 Å². The Morgan fingerprint density at radius 1 is 1.22 bits per heavy atom. The molecule has 2 rings (SSSR count). The van der Waals surface area contributed by atoms with Gasteiger partial charge in [-0.1, -0.05) is 31.2 Å². The molecule has 0 saturated carbocycles. The van der Waals surface area contributed by atoms with E-state index in [0.717, 1.165) is 17.8 Å². The maximum atomic E-state index is 13.9. The summed E-state index contributed by atoms with van der Waals surface area (Å²) in [5, 5.41) is 0. The SMILES string of the molecule is CC/C=C(\CCOc1cc(F)c(C=O)cc1OC)N(C)c1ccccc1C. The Bertz CT molecular complexity index is 817. The molecule has 0 radical (unpaired) electrons. The minimum Gasteiger partial charge on any atom is -0.493 e. The monoisotopic (exact) mass is 371 g/mol. The van der Waals surface area contributed by atoms with E-state index in [9.17, 15) is 9.18 Å². The molecule has 0 heterocycles. The second kappa shape index (κ2) is 9.76. The van der Waals surface area contributed by atoms with E-state index in [4.69, 9.17) is 9.47 Å². The number of aldehydes is 1. The van der Waals surface area contributed by atoms with Gasteiger partial charge in [0.25, 0.3) is 0 Å². The number of anilines is 1. The van der Waals surface area contributed by atoms with Gasteiger partial charge in [0.15, 0.2) is 17.8 Å². The fourth-order valence-corrected chi connectivity index (χ4v) is 2.92. The number of ether oxygens (including phenoxy) is 2. The molecular weight excluding hydrogens is 345 g/mol. The zero-order valence-electron chi connectivity index (χ0n) is 16.3. The highest BCUT2D eigenvalue weighted by Gasteiger charge is 2.13. The highest BCUT2D eigenvalue weighted by atomic mass is 19.1. The number of benzene rings is 2. The van der Waals surface area contributed by atoms with Crippen LogP contribution in [0.4, 0.5) is 10.1 Å². The van der Waals surface area contributed by atoms with E-state index < -0.39 is 5.82 Å². The van der Waals surface area contributed by atoms with Crippen molar-refractivity contribution in [2.45, 2.75) is 26.7 Å². The summed E-state index contributed by atoms with van der Waals surface area (Å²) in [5.74, 6) is 0.00363. The fraction of sp³-hybridized carbons (Fsp3) is 0.318. The van der Waals surface area contributed by atoms with E-state index >= 15 is 0 Å². The first kappa shape index (κ1) is 20.5. The van der Waals surface area contributed by atoms with Crippen LogP contribution in [0, 0.1) is 12.7 Å². The van der Waals surface area contributed by atoms with Crippen molar-refractivity contribution >= 4 is 12.0 Å². The number of para-hydroxylation sites is 1. The van der Waals surface area contributed by atoms with E-state index in [1.807, 2.05) is 19.2 Å². The number of hydrogen-bond donors (Lipinski definition) is 0. The molecule has 27 heavy (non-hydrogen) atoms. The van der Waals surface area contributed by atoms with Crippen LogP contribution in [0.25, 0.3) is 0 Å². The minimum absolute atomic E-state index is 0.0509. The second-order valence-electron chi connectivity index (χ2n) is 6.19. The van der Waals surface area contributed by atoms with Gasteiger partial charge in [-0.3, -0.25) is 4.79 Å². The average molecular weight is 371 g/mol. The summed E-state index contributed by atoms with van der Waals surface area (Å²) in [7, 11) is 3.49. The lowest BCUT2D eigenvalue weighted by Gasteiger charge is -2.25. The molecule has 0 N–H and O–H groups in total. The molecule has 0 amide bonds. The summed E-state index contributed by atoms with van der Waals surface area (Å²) in [6.45, 7) is 4.52. The molecule has 0 aliphatic carbocycles. The first-order valence-corrected chi connectivity index (χ1v) is 8.95. The highest BCUT2D eigenvalue weighted by Crippen LogP contribution is 2.30. The Morgan fingerprint density at radius 2 is 1.96 bits per heavy atom. The molecule has 0 aliphatic rings. The van der Waals surface area contributed by atoms with Gasteiger partial charge < -0.3 is 14.4 Å². The molecule has 0 spiro atoms. The number of aryl methyl sites for hydroxylation is 1. The Morgan fingerprint density at radius 3 is 2.59 bits per heavy atom. The predicted molar refractivity (Wildman–Crippen MR) is 106 cm³/mol. The third kappa shape index (κ3) is 5.09. The normalized spacial score (nSPS) is 11.2. The van der Waals surface area contributed by atoms with Crippen LogP contribution in [0.5, 0.6) is 11.5 Å². The third-order valence-corrected chi connectivity index (χ3v) is 4.37. The van der Waals surface area contributed by atoms with E-state index in [0.29, 0.717) is 25.1 Å². The second-order valence-corrected chi connectivity index (χ2v) is 6.19. The summed E-state index contributed by atoms with van der Waals surface area (Å²) in [4.78, 5) is 13.0. The van der Waals surface area contributed by atoms with Crippen LogP contribution in [0.3, 0.4) is 0 Å². The zero-order valence-corrected chi connectivity index (χ0v) is 16.3. The molecule has 2 aromatic carbocycles. The maximum absolute atomic E-state index is 13.9. The zero-order chi connectivity index (χ0) is 19.8. The summed E-state index contributed by atoms with van der Waals surface area (Å²) in [5.41, 5.74) is 3.40. The predicted octanol–water partition coefficient (Wildman–Crippen LogP) is 5.15. The molecular formula is C22H26FNO3. The van der Waals surface area contributed by atoms with Crippen LogP contribution in [0.1, 0.15) is 35.7 Å². The maximum Gasteiger partial charge on any atom is 0.164 e. The molecule has 144 valence electrons. The lowest BCUT2D eigenvalue weighted by Crippen LogP contribution is -2.19. The number of carbonyl (C=O) groups excluding carboxylic acids is 1. The molecule has 0 aromatic heterocycles. The molecule has 4 nitrogen and oxygen atoms in total. The van der Waals surface area contributed by atoms with Crippen LogP contribution in [-0.2, 0) is 0 Å². The largest absolute Gasteiger partial charge is 0.493 e. The minimum atomic E-state index is -0.623. The number of halogens is 1. The van der Waals surface area contributed by atoms with E-state index in [1.165, 1.54) is 24.8 Å². The van der Waals surface area contributed by atoms with Crippen LogP contribution < -0.4 is 14.4 Å². The highest BCUT2D eigenvalue weighted by molar-refractivity contribution is 5.77. The van der Waals surface area contributed by atoms with Crippen molar-refractivity contribution in [3.63, 3.8) is 0 Å². The lowest BCUT2D eigenvalue weighted by atomic mass is 10.1. The van der Waals surface area contributed by atoms with Crippen LogP contribution in [0.2, 0.25) is 0 Å². The van der Waals surface area contributed by atoms with Crippen molar-refractivity contribution in [1.29, 1.82) is 0 Å². The molecule has 0 atom stereocenters. The van der Waals surface area contributed by atoms with Gasteiger partial charge in [-0.05, 0) is 31.0 Å². The first-order chi connectivity index (χ1) is 13.0. The number of hydrogen-bond acceptors (Lipinski definition) is 4.